The van der Waals surface area contributed by atoms with Crippen molar-refractivity contribution in [3.05, 3.63) is 23.8 Å². The Balaban J connectivity index is 2.89. The number of aromatic hydroxyl groups is 1. The van der Waals surface area contributed by atoms with E-state index in [1.165, 1.54) is 11.3 Å². The Labute approximate surface area is 72.5 Å². The largest absolute Gasteiger partial charge is 0.486 e. The van der Waals surface area contributed by atoms with E-state index in [-0.39, 0.29) is 5.19 Å². The Morgan fingerprint density at radius 2 is 2.33 bits per heavy atom. The van der Waals surface area contributed by atoms with Crippen molar-refractivity contribution in [2.45, 2.75) is 0 Å². The van der Waals surface area contributed by atoms with Gasteiger partial charge >= 0.3 is 0 Å². The number of benzene rings is 1. The second-order valence-electron chi connectivity index (χ2n) is 2.26. The van der Waals surface area contributed by atoms with Gasteiger partial charge in [-0.1, -0.05) is 17.4 Å². The molecule has 0 saturated heterocycles. The molecule has 1 aromatic carbocycles. The number of para-hydroxylation sites is 1. The quantitative estimate of drug-likeness (QED) is 0.666. The summed E-state index contributed by atoms with van der Waals surface area (Å²) >= 11 is 1.17. The van der Waals surface area contributed by atoms with Crippen LogP contribution in [-0.4, -0.2) is 10.1 Å². The number of nitrogens with zero attached hydrogens (tertiary/aromatic N) is 2. The third-order valence-electron chi connectivity index (χ3n) is 1.53. The second kappa shape index (κ2) is 2.47. The fourth-order valence-corrected chi connectivity index (χ4v) is 1.76. The minimum Gasteiger partial charge on any atom is -0.486 e. The molecule has 0 spiro atoms. The SMILES string of the molecule is N#Cc1cccc2sc(O)nc12. The summed E-state index contributed by atoms with van der Waals surface area (Å²) in [6, 6.07) is 7.30. The van der Waals surface area contributed by atoms with Gasteiger partial charge in [0.15, 0.2) is 0 Å². The molecule has 2 aromatic rings. The minimum atomic E-state index is 0.00713. The molecular formula is C8H4N2OS. The monoisotopic (exact) mass is 176 g/mol. The molecule has 58 valence electrons. The third kappa shape index (κ3) is 0.917. The topological polar surface area (TPSA) is 56.9 Å². The summed E-state index contributed by atoms with van der Waals surface area (Å²) in [5, 5.41) is 17.8. The lowest BCUT2D eigenvalue weighted by atomic mass is 10.2. The standard InChI is InChI=1S/C8H4N2OS/c9-4-5-2-1-3-6-7(5)10-8(11)12-6/h1-3H,(H,10,11). The third-order valence-corrected chi connectivity index (χ3v) is 2.35. The zero-order chi connectivity index (χ0) is 8.55. The van der Waals surface area contributed by atoms with Crippen molar-refractivity contribution in [1.82, 2.24) is 4.98 Å². The lowest BCUT2D eigenvalue weighted by molar-refractivity contribution is 0.472. The summed E-state index contributed by atoms with van der Waals surface area (Å²) in [7, 11) is 0. The molecule has 4 heteroatoms. The van der Waals surface area contributed by atoms with Crippen molar-refractivity contribution in [3.63, 3.8) is 0 Å². The normalized spacial score (nSPS) is 9.92. The molecule has 0 aliphatic rings. The number of fused-ring (bicyclic) bond motifs is 1. The summed E-state index contributed by atoms with van der Waals surface area (Å²) in [5.74, 6) is 0. The number of hydrogen-bond acceptors (Lipinski definition) is 4. The number of nitriles is 1. The molecule has 0 atom stereocenters. The Morgan fingerprint density at radius 1 is 1.50 bits per heavy atom. The molecule has 0 radical (unpaired) electrons. The van der Waals surface area contributed by atoms with E-state index in [4.69, 9.17) is 10.4 Å². The van der Waals surface area contributed by atoms with Crippen molar-refractivity contribution in [2.24, 2.45) is 0 Å². The Kier molecular flexibility index (Phi) is 1.45. The van der Waals surface area contributed by atoms with Crippen LogP contribution in [0.3, 0.4) is 0 Å². The molecule has 3 nitrogen and oxygen atoms in total. The average molecular weight is 176 g/mol. The maximum Gasteiger partial charge on any atom is 0.271 e. The molecule has 0 aliphatic carbocycles. The van der Waals surface area contributed by atoms with Crippen LogP contribution >= 0.6 is 11.3 Å². The maximum atomic E-state index is 9.07. The zero-order valence-corrected chi connectivity index (χ0v) is 6.80. The van der Waals surface area contributed by atoms with E-state index in [0.717, 1.165) is 4.70 Å². The summed E-state index contributed by atoms with van der Waals surface area (Å²) in [6.45, 7) is 0. The van der Waals surface area contributed by atoms with E-state index in [1.54, 1.807) is 12.1 Å². The smallest absolute Gasteiger partial charge is 0.271 e. The van der Waals surface area contributed by atoms with Gasteiger partial charge in [0.1, 0.15) is 11.6 Å². The van der Waals surface area contributed by atoms with Gasteiger partial charge in [0.25, 0.3) is 5.19 Å². The summed E-state index contributed by atoms with van der Waals surface area (Å²) < 4.78 is 0.839. The van der Waals surface area contributed by atoms with Crippen LogP contribution in [0.1, 0.15) is 5.56 Å². The van der Waals surface area contributed by atoms with Crippen LogP contribution in [0.15, 0.2) is 18.2 Å². The maximum absolute atomic E-state index is 9.07. The van der Waals surface area contributed by atoms with Crippen molar-refractivity contribution in [3.8, 4) is 11.3 Å². The zero-order valence-electron chi connectivity index (χ0n) is 5.98. The van der Waals surface area contributed by atoms with Crippen LogP contribution < -0.4 is 0 Å². The van der Waals surface area contributed by atoms with E-state index in [1.807, 2.05) is 12.1 Å². The first-order valence-electron chi connectivity index (χ1n) is 3.30. The van der Waals surface area contributed by atoms with Crippen LogP contribution in [0.25, 0.3) is 10.2 Å². The minimum absolute atomic E-state index is 0.00713. The van der Waals surface area contributed by atoms with Gasteiger partial charge in [-0.2, -0.15) is 5.26 Å². The van der Waals surface area contributed by atoms with Crippen molar-refractivity contribution in [2.75, 3.05) is 0 Å². The number of hydrogen-bond donors (Lipinski definition) is 1. The molecule has 1 heterocycles. The van der Waals surface area contributed by atoms with Crippen LogP contribution in [0.5, 0.6) is 5.19 Å². The number of rotatable bonds is 0. The van der Waals surface area contributed by atoms with E-state index in [0.29, 0.717) is 11.1 Å². The van der Waals surface area contributed by atoms with Crippen molar-refractivity contribution < 1.29 is 5.11 Å². The highest BCUT2D eigenvalue weighted by atomic mass is 32.1. The molecule has 1 aromatic heterocycles. The Morgan fingerprint density at radius 3 is 3.08 bits per heavy atom. The van der Waals surface area contributed by atoms with Gasteiger partial charge in [-0.05, 0) is 12.1 Å². The summed E-state index contributed by atoms with van der Waals surface area (Å²) in [6.07, 6.45) is 0. The summed E-state index contributed by atoms with van der Waals surface area (Å²) in [5.41, 5.74) is 1.09. The highest BCUT2D eigenvalue weighted by Gasteiger charge is 2.05. The molecule has 0 aliphatic heterocycles. The Bertz CT molecular complexity index is 469. The molecule has 0 unspecified atom stereocenters. The van der Waals surface area contributed by atoms with Gasteiger partial charge in [0.05, 0.1) is 10.3 Å². The molecule has 1 N–H and O–H groups in total. The number of thiazole rings is 1. The van der Waals surface area contributed by atoms with E-state index < -0.39 is 0 Å². The first-order valence-corrected chi connectivity index (χ1v) is 4.11. The number of aromatic nitrogens is 1. The Hall–Kier alpha value is -1.60. The van der Waals surface area contributed by atoms with Gasteiger partial charge in [0, 0.05) is 0 Å². The van der Waals surface area contributed by atoms with Crippen LogP contribution in [-0.2, 0) is 0 Å². The second-order valence-corrected chi connectivity index (χ2v) is 3.27. The van der Waals surface area contributed by atoms with Gasteiger partial charge in [-0.25, -0.2) is 4.98 Å². The van der Waals surface area contributed by atoms with Crippen molar-refractivity contribution >= 4 is 21.6 Å². The predicted octanol–water partition coefficient (Wildman–Crippen LogP) is 1.87. The molecular weight excluding hydrogens is 172 g/mol. The van der Waals surface area contributed by atoms with Gasteiger partial charge in [0.2, 0.25) is 0 Å². The first-order chi connectivity index (χ1) is 5.81. The van der Waals surface area contributed by atoms with Crippen LogP contribution in [0, 0.1) is 11.3 Å². The fourth-order valence-electron chi connectivity index (χ4n) is 1.03. The predicted molar refractivity (Wildman–Crippen MR) is 46.0 cm³/mol. The summed E-state index contributed by atoms with van der Waals surface area (Å²) in [4.78, 5) is 3.84. The van der Waals surface area contributed by atoms with Gasteiger partial charge in [-0.15, -0.1) is 0 Å². The molecule has 0 saturated carbocycles. The average Bonchev–Trinajstić information content (AvgIpc) is 2.44. The van der Waals surface area contributed by atoms with Gasteiger partial charge in [-0.3, -0.25) is 0 Å². The highest BCUT2D eigenvalue weighted by molar-refractivity contribution is 7.20. The fraction of sp³-hybridized carbons (Fsp3) is 0. The van der Waals surface area contributed by atoms with Crippen LogP contribution in [0.4, 0.5) is 0 Å². The van der Waals surface area contributed by atoms with E-state index in [9.17, 15) is 0 Å². The van der Waals surface area contributed by atoms with E-state index >= 15 is 0 Å². The van der Waals surface area contributed by atoms with Crippen molar-refractivity contribution in [1.29, 1.82) is 5.26 Å². The van der Waals surface area contributed by atoms with Gasteiger partial charge < -0.3 is 5.11 Å². The lowest BCUT2D eigenvalue weighted by Gasteiger charge is -1.87. The lowest BCUT2D eigenvalue weighted by Crippen LogP contribution is -1.75. The highest BCUT2D eigenvalue weighted by Crippen LogP contribution is 2.28. The molecule has 0 bridgehead atoms. The molecule has 12 heavy (non-hydrogen) atoms. The van der Waals surface area contributed by atoms with Crippen LogP contribution in [0.2, 0.25) is 0 Å². The first kappa shape index (κ1) is 7.07. The molecule has 0 amide bonds. The van der Waals surface area contributed by atoms with E-state index in [2.05, 4.69) is 4.98 Å². The molecule has 2 rings (SSSR count). The molecule has 0 fully saturated rings.